The monoisotopic (exact) mass is 294 g/mol. The van der Waals surface area contributed by atoms with Crippen molar-refractivity contribution >= 4 is 0 Å². The number of aryl methyl sites for hydroxylation is 1. The molecule has 20 heavy (non-hydrogen) atoms. The quantitative estimate of drug-likeness (QED) is 0.723. The lowest BCUT2D eigenvalue weighted by atomic mass is 10.0. The molecule has 0 fully saturated rings. The number of hydrogen-bond donors (Lipinski definition) is 0. The fraction of sp³-hybridized carbons (Fsp3) is 0.250. The minimum Gasteiger partial charge on any atom is -0.275 e. The molecule has 0 bridgehead atoms. The standard InChI is InChI=1S/C12H8F6N2/c1-20-5-4-10(19-20)7-2-3-8(11(13,14)15)9(6-7)12(16,17)18/h2-6H,1H3. The van der Waals surface area contributed by atoms with Crippen molar-refractivity contribution in [3.63, 3.8) is 0 Å². The van der Waals surface area contributed by atoms with Crippen LogP contribution >= 0.6 is 0 Å². The molecule has 0 atom stereocenters. The predicted molar refractivity (Wildman–Crippen MR) is 58.6 cm³/mol. The van der Waals surface area contributed by atoms with Crippen molar-refractivity contribution in [3.8, 4) is 11.3 Å². The molecule has 0 amide bonds. The van der Waals surface area contributed by atoms with Crippen LogP contribution in [-0.4, -0.2) is 9.78 Å². The van der Waals surface area contributed by atoms with E-state index in [0.717, 1.165) is 6.07 Å². The molecule has 0 saturated carbocycles. The number of rotatable bonds is 1. The molecule has 2 aromatic rings. The minimum atomic E-state index is -5.09. The normalized spacial score (nSPS) is 12.8. The smallest absolute Gasteiger partial charge is 0.275 e. The van der Waals surface area contributed by atoms with Crippen LogP contribution in [0.2, 0.25) is 0 Å². The van der Waals surface area contributed by atoms with Crippen molar-refractivity contribution in [1.82, 2.24) is 9.78 Å². The van der Waals surface area contributed by atoms with E-state index in [0.29, 0.717) is 12.1 Å². The Balaban J connectivity index is 2.61. The highest BCUT2D eigenvalue weighted by atomic mass is 19.4. The van der Waals surface area contributed by atoms with Crippen molar-refractivity contribution in [1.29, 1.82) is 0 Å². The Kier molecular flexibility index (Phi) is 3.27. The SMILES string of the molecule is Cn1ccc(-c2ccc(C(F)(F)F)c(C(F)(F)F)c2)n1. The van der Waals surface area contributed by atoms with Crippen LogP contribution in [0.25, 0.3) is 11.3 Å². The Labute approximate surface area is 109 Å². The average molecular weight is 294 g/mol. The van der Waals surface area contributed by atoms with Gasteiger partial charge < -0.3 is 0 Å². The summed E-state index contributed by atoms with van der Waals surface area (Å²) >= 11 is 0. The molecule has 2 rings (SSSR count). The van der Waals surface area contributed by atoms with Crippen molar-refractivity contribution in [2.75, 3.05) is 0 Å². The van der Waals surface area contributed by atoms with Crippen LogP contribution in [0.5, 0.6) is 0 Å². The van der Waals surface area contributed by atoms with E-state index in [1.165, 1.54) is 16.9 Å². The zero-order valence-corrected chi connectivity index (χ0v) is 10.0. The van der Waals surface area contributed by atoms with Gasteiger partial charge in [0.25, 0.3) is 0 Å². The molecule has 0 unspecified atom stereocenters. The van der Waals surface area contributed by atoms with Crippen LogP contribution in [-0.2, 0) is 19.4 Å². The van der Waals surface area contributed by atoms with Crippen molar-refractivity contribution in [3.05, 3.63) is 41.6 Å². The first-order valence-corrected chi connectivity index (χ1v) is 5.37. The Morgan fingerprint density at radius 2 is 1.50 bits per heavy atom. The molecule has 0 saturated heterocycles. The highest BCUT2D eigenvalue weighted by Gasteiger charge is 2.43. The fourth-order valence-electron chi connectivity index (χ4n) is 1.75. The average Bonchev–Trinajstić information content (AvgIpc) is 2.73. The molecule has 1 aromatic carbocycles. The summed E-state index contributed by atoms with van der Waals surface area (Å²) in [6.45, 7) is 0. The number of halogens is 6. The summed E-state index contributed by atoms with van der Waals surface area (Å²) in [7, 11) is 1.55. The number of aromatic nitrogens is 2. The molecular formula is C12H8F6N2. The topological polar surface area (TPSA) is 17.8 Å². The van der Waals surface area contributed by atoms with Gasteiger partial charge in [0.15, 0.2) is 0 Å². The van der Waals surface area contributed by atoms with Crippen LogP contribution in [0.1, 0.15) is 11.1 Å². The maximum Gasteiger partial charge on any atom is 0.417 e. The third kappa shape index (κ3) is 2.78. The van der Waals surface area contributed by atoms with Gasteiger partial charge in [0.05, 0.1) is 16.8 Å². The van der Waals surface area contributed by atoms with Gasteiger partial charge in [-0.3, -0.25) is 4.68 Å². The number of nitrogens with zero attached hydrogens (tertiary/aromatic N) is 2. The molecule has 0 N–H and O–H groups in total. The maximum atomic E-state index is 12.8. The summed E-state index contributed by atoms with van der Waals surface area (Å²) in [4.78, 5) is 0. The first-order chi connectivity index (χ1) is 9.09. The molecule has 8 heteroatoms. The summed E-state index contributed by atoms with van der Waals surface area (Å²) in [5.41, 5.74) is -3.27. The van der Waals surface area contributed by atoms with E-state index in [-0.39, 0.29) is 11.3 Å². The van der Waals surface area contributed by atoms with E-state index in [1.54, 1.807) is 7.05 Å². The van der Waals surface area contributed by atoms with Crippen LogP contribution in [0.15, 0.2) is 30.5 Å². The van der Waals surface area contributed by atoms with Crippen molar-refractivity contribution in [2.24, 2.45) is 7.05 Å². The minimum absolute atomic E-state index is 0.0223. The second-order valence-electron chi connectivity index (χ2n) is 4.13. The van der Waals surface area contributed by atoms with Crippen molar-refractivity contribution in [2.45, 2.75) is 12.4 Å². The third-order valence-corrected chi connectivity index (χ3v) is 2.64. The molecular weight excluding hydrogens is 286 g/mol. The summed E-state index contributed by atoms with van der Waals surface area (Å²) in [6.07, 6.45) is -8.66. The highest BCUT2D eigenvalue weighted by molar-refractivity contribution is 5.61. The van der Waals surface area contributed by atoms with Gasteiger partial charge in [-0.25, -0.2) is 0 Å². The summed E-state index contributed by atoms with van der Waals surface area (Å²) in [5.74, 6) is 0. The van der Waals surface area contributed by atoms with Gasteiger partial charge in [-0.05, 0) is 18.2 Å². The van der Waals surface area contributed by atoms with Gasteiger partial charge in [-0.1, -0.05) is 6.07 Å². The fourth-order valence-corrected chi connectivity index (χ4v) is 1.75. The van der Waals surface area contributed by atoms with Crippen molar-refractivity contribution < 1.29 is 26.3 Å². The summed E-state index contributed by atoms with van der Waals surface area (Å²) in [5, 5.41) is 3.86. The molecule has 0 radical (unpaired) electrons. The van der Waals surface area contributed by atoms with Gasteiger partial charge in [0.1, 0.15) is 0 Å². The number of hydrogen-bond acceptors (Lipinski definition) is 1. The Hall–Kier alpha value is -1.99. The molecule has 1 heterocycles. The Morgan fingerprint density at radius 3 is 1.95 bits per heavy atom. The van der Waals surface area contributed by atoms with E-state index in [4.69, 9.17) is 0 Å². The van der Waals surface area contributed by atoms with Gasteiger partial charge in [0, 0.05) is 18.8 Å². The lowest BCUT2D eigenvalue weighted by Gasteiger charge is -2.16. The zero-order chi connectivity index (χ0) is 15.1. The van der Waals surface area contributed by atoms with Gasteiger partial charge in [-0.2, -0.15) is 31.4 Å². The molecule has 0 aliphatic heterocycles. The van der Waals surface area contributed by atoms with Gasteiger partial charge >= 0.3 is 12.4 Å². The van der Waals surface area contributed by atoms with E-state index in [2.05, 4.69) is 5.10 Å². The van der Waals surface area contributed by atoms with E-state index < -0.39 is 23.5 Å². The molecule has 0 spiro atoms. The molecule has 2 nitrogen and oxygen atoms in total. The largest absolute Gasteiger partial charge is 0.417 e. The maximum absolute atomic E-state index is 12.8. The predicted octanol–water partition coefficient (Wildman–Crippen LogP) is 4.12. The summed E-state index contributed by atoms with van der Waals surface area (Å²) < 4.78 is 77.4. The van der Waals surface area contributed by atoms with Crippen LogP contribution in [0, 0.1) is 0 Å². The number of alkyl halides is 6. The van der Waals surface area contributed by atoms with E-state index >= 15 is 0 Å². The second-order valence-corrected chi connectivity index (χ2v) is 4.13. The number of benzene rings is 1. The Bertz CT molecular complexity index is 624. The lowest BCUT2D eigenvalue weighted by Crippen LogP contribution is -2.16. The lowest BCUT2D eigenvalue weighted by molar-refractivity contribution is -0.162. The molecule has 108 valence electrons. The zero-order valence-electron chi connectivity index (χ0n) is 10.0. The van der Waals surface area contributed by atoms with Gasteiger partial charge in [0.2, 0.25) is 0 Å². The van der Waals surface area contributed by atoms with E-state index in [9.17, 15) is 26.3 Å². The van der Waals surface area contributed by atoms with E-state index in [1.807, 2.05) is 0 Å². The molecule has 0 aliphatic carbocycles. The second kappa shape index (κ2) is 4.53. The van der Waals surface area contributed by atoms with Gasteiger partial charge in [-0.15, -0.1) is 0 Å². The third-order valence-electron chi connectivity index (χ3n) is 2.64. The van der Waals surface area contributed by atoms with Crippen LogP contribution in [0.3, 0.4) is 0 Å². The first kappa shape index (κ1) is 14.4. The summed E-state index contributed by atoms with van der Waals surface area (Å²) in [6, 6.07) is 3.28. The molecule has 1 aromatic heterocycles. The van der Waals surface area contributed by atoms with Crippen LogP contribution in [0.4, 0.5) is 26.3 Å². The molecule has 0 aliphatic rings. The Morgan fingerprint density at radius 1 is 0.900 bits per heavy atom. The first-order valence-electron chi connectivity index (χ1n) is 5.37. The van der Waals surface area contributed by atoms with Crippen LogP contribution < -0.4 is 0 Å². The highest BCUT2D eigenvalue weighted by Crippen LogP contribution is 2.41.